The van der Waals surface area contributed by atoms with Crippen LogP contribution in [-0.4, -0.2) is 23.1 Å². The molecule has 2 N–H and O–H groups in total. The van der Waals surface area contributed by atoms with Crippen LogP contribution in [-0.2, 0) is 22.5 Å². The molecule has 5 heteroatoms. The Morgan fingerprint density at radius 3 is 2.95 bits per heavy atom. The molecule has 1 unspecified atom stereocenters. The number of fused-ring (bicyclic) bond motifs is 1. The molecule has 2 heterocycles. The highest BCUT2D eigenvalue weighted by Gasteiger charge is 2.37. The Balaban J connectivity index is 1.73. The van der Waals surface area contributed by atoms with Gasteiger partial charge in [0.25, 0.3) is 5.91 Å². The molecule has 2 aromatic rings. The molecule has 3 rings (SSSR count). The molecule has 1 fully saturated rings. The first kappa shape index (κ1) is 15.4. The predicted molar refractivity (Wildman–Crippen MR) is 88.1 cm³/mol. The molecule has 0 aliphatic carbocycles. The van der Waals surface area contributed by atoms with E-state index in [4.69, 9.17) is 16.3 Å². The Labute approximate surface area is 135 Å². The SMILES string of the molecule is CCc1cc2[nH]c(CNC(=O)C3(C)CCCO3)cc2cc1Cl. The summed E-state index contributed by atoms with van der Waals surface area (Å²) in [7, 11) is 0. The van der Waals surface area contributed by atoms with Gasteiger partial charge in [0.15, 0.2) is 0 Å². The van der Waals surface area contributed by atoms with Crippen LogP contribution in [0.4, 0.5) is 0 Å². The van der Waals surface area contributed by atoms with Gasteiger partial charge in [-0.25, -0.2) is 0 Å². The van der Waals surface area contributed by atoms with Gasteiger partial charge in [-0.3, -0.25) is 4.79 Å². The lowest BCUT2D eigenvalue weighted by Crippen LogP contribution is -2.43. The Morgan fingerprint density at radius 1 is 1.45 bits per heavy atom. The molecular weight excluding hydrogens is 300 g/mol. The minimum atomic E-state index is -0.676. The van der Waals surface area contributed by atoms with Crippen LogP contribution in [0.15, 0.2) is 18.2 Å². The van der Waals surface area contributed by atoms with Crippen LogP contribution in [0.1, 0.15) is 37.9 Å². The van der Waals surface area contributed by atoms with Gasteiger partial charge in [0.1, 0.15) is 5.60 Å². The van der Waals surface area contributed by atoms with E-state index in [-0.39, 0.29) is 5.91 Å². The quantitative estimate of drug-likeness (QED) is 0.905. The Morgan fingerprint density at radius 2 is 2.27 bits per heavy atom. The summed E-state index contributed by atoms with van der Waals surface area (Å²) in [5.74, 6) is -0.0454. The molecule has 118 valence electrons. The van der Waals surface area contributed by atoms with Gasteiger partial charge in [0.2, 0.25) is 0 Å². The second kappa shape index (κ2) is 5.94. The third-order valence-electron chi connectivity index (χ3n) is 4.36. The molecule has 0 saturated carbocycles. The summed E-state index contributed by atoms with van der Waals surface area (Å²) in [6.07, 6.45) is 2.62. The molecule has 1 saturated heterocycles. The highest BCUT2D eigenvalue weighted by atomic mass is 35.5. The van der Waals surface area contributed by atoms with Gasteiger partial charge in [-0.2, -0.15) is 0 Å². The van der Waals surface area contributed by atoms with Crippen molar-refractivity contribution >= 4 is 28.4 Å². The minimum absolute atomic E-state index is 0.0454. The van der Waals surface area contributed by atoms with E-state index >= 15 is 0 Å². The number of rotatable bonds is 4. The molecule has 4 nitrogen and oxygen atoms in total. The molecule has 0 bridgehead atoms. The van der Waals surface area contributed by atoms with Crippen molar-refractivity contribution in [3.63, 3.8) is 0 Å². The predicted octanol–water partition coefficient (Wildman–Crippen LogP) is 3.57. The van der Waals surface area contributed by atoms with Gasteiger partial charge in [0.05, 0.1) is 6.54 Å². The fourth-order valence-corrected chi connectivity index (χ4v) is 3.25. The van der Waals surface area contributed by atoms with Crippen molar-refractivity contribution in [1.82, 2.24) is 10.3 Å². The van der Waals surface area contributed by atoms with Crippen LogP contribution in [0.2, 0.25) is 5.02 Å². The van der Waals surface area contributed by atoms with Crippen molar-refractivity contribution in [2.24, 2.45) is 0 Å². The van der Waals surface area contributed by atoms with Crippen molar-refractivity contribution in [1.29, 1.82) is 0 Å². The van der Waals surface area contributed by atoms with E-state index in [2.05, 4.69) is 23.3 Å². The first-order valence-electron chi connectivity index (χ1n) is 7.74. The largest absolute Gasteiger partial charge is 0.365 e. The number of aromatic nitrogens is 1. The van der Waals surface area contributed by atoms with Gasteiger partial charge >= 0.3 is 0 Å². The Hall–Kier alpha value is -1.52. The standard InChI is InChI=1S/C17H21ClN2O2/c1-3-11-9-15-12(8-14(11)18)7-13(20-15)10-19-16(21)17(2)5-4-6-22-17/h7-9,20H,3-6,10H2,1-2H3,(H,19,21). The van der Waals surface area contributed by atoms with Crippen molar-refractivity contribution in [3.05, 3.63) is 34.5 Å². The van der Waals surface area contributed by atoms with Gasteiger partial charge in [0, 0.05) is 28.2 Å². The lowest BCUT2D eigenvalue weighted by Gasteiger charge is -2.21. The number of hydrogen-bond acceptors (Lipinski definition) is 2. The van der Waals surface area contributed by atoms with E-state index in [9.17, 15) is 4.79 Å². The number of hydrogen-bond donors (Lipinski definition) is 2. The van der Waals surface area contributed by atoms with Crippen LogP contribution >= 0.6 is 11.6 Å². The van der Waals surface area contributed by atoms with Crippen LogP contribution in [0.25, 0.3) is 10.9 Å². The van der Waals surface area contributed by atoms with E-state index in [0.29, 0.717) is 13.2 Å². The smallest absolute Gasteiger partial charge is 0.252 e. The summed E-state index contributed by atoms with van der Waals surface area (Å²) in [4.78, 5) is 15.6. The van der Waals surface area contributed by atoms with Crippen molar-refractivity contribution < 1.29 is 9.53 Å². The molecule has 1 atom stereocenters. The summed E-state index contributed by atoms with van der Waals surface area (Å²) >= 11 is 6.24. The number of aromatic amines is 1. The van der Waals surface area contributed by atoms with Gasteiger partial charge < -0.3 is 15.0 Å². The highest BCUT2D eigenvalue weighted by molar-refractivity contribution is 6.32. The second-order valence-electron chi connectivity index (χ2n) is 6.04. The molecule has 1 aromatic carbocycles. The van der Waals surface area contributed by atoms with Crippen molar-refractivity contribution in [2.45, 2.75) is 45.3 Å². The van der Waals surface area contributed by atoms with Crippen molar-refractivity contribution in [2.75, 3.05) is 6.61 Å². The zero-order valence-electron chi connectivity index (χ0n) is 13.0. The third-order valence-corrected chi connectivity index (χ3v) is 4.71. The molecule has 1 aliphatic rings. The fourth-order valence-electron chi connectivity index (χ4n) is 2.94. The summed E-state index contributed by atoms with van der Waals surface area (Å²) in [6, 6.07) is 6.07. The number of halogens is 1. The first-order valence-corrected chi connectivity index (χ1v) is 8.12. The minimum Gasteiger partial charge on any atom is -0.365 e. The summed E-state index contributed by atoms with van der Waals surface area (Å²) in [5.41, 5.74) is 2.46. The number of aryl methyl sites for hydroxylation is 1. The normalized spacial score (nSPS) is 21.4. The fraction of sp³-hybridized carbons (Fsp3) is 0.471. The van der Waals surface area contributed by atoms with Gasteiger partial charge in [-0.1, -0.05) is 18.5 Å². The maximum Gasteiger partial charge on any atom is 0.252 e. The summed E-state index contributed by atoms with van der Waals surface area (Å²) in [6.45, 7) is 5.06. The van der Waals surface area contributed by atoms with E-state index < -0.39 is 5.60 Å². The highest BCUT2D eigenvalue weighted by Crippen LogP contribution is 2.26. The monoisotopic (exact) mass is 320 g/mol. The molecule has 22 heavy (non-hydrogen) atoms. The van der Waals surface area contributed by atoms with Crippen LogP contribution in [0.5, 0.6) is 0 Å². The molecule has 1 amide bonds. The second-order valence-corrected chi connectivity index (χ2v) is 6.45. The number of carbonyl (C=O) groups excluding carboxylic acids is 1. The number of benzene rings is 1. The average Bonchev–Trinajstić information content (AvgIpc) is 3.10. The first-order chi connectivity index (χ1) is 10.5. The third kappa shape index (κ3) is 2.85. The van der Waals surface area contributed by atoms with Crippen LogP contribution in [0, 0.1) is 0 Å². The van der Waals surface area contributed by atoms with Crippen LogP contribution < -0.4 is 5.32 Å². The van der Waals surface area contributed by atoms with E-state index in [1.165, 1.54) is 0 Å². The van der Waals surface area contributed by atoms with Crippen LogP contribution in [0.3, 0.4) is 0 Å². The Bertz CT molecular complexity index is 702. The summed E-state index contributed by atoms with van der Waals surface area (Å²) < 4.78 is 5.56. The van der Waals surface area contributed by atoms with Gasteiger partial charge in [-0.05, 0) is 49.9 Å². The molecule has 0 radical (unpaired) electrons. The molecule has 1 aromatic heterocycles. The summed E-state index contributed by atoms with van der Waals surface area (Å²) in [5, 5.41) is 4.81. The topological polar surface area (TPSA) is 54.1 Å². The number of H-pyrrole nitrogens is 1. The van der Waals surface area contributed by atoms with E-state index in [0.717, 1.165) is 46.4 Å². The lowest BCUT2D eigenvalue weighted by atomic mass is 10.0. The number of amides is 1. The number of nitrogens with one attached hydrogen (secondary N) is 2. The van der Waals surface area contributed by atoms with Crippen molar-refractivity contribution in [3.8, 4) is 0 Å². The van der Waals surface area contributed by atoms with E-state index in [1.54, 1.807) is 0 Å². The van der Waals surface area contributed by atoms with Gasteiger partial charge in [-0.15, -0.1) is 0 Å². The number of ether oxygens (including phenoxy) is 1. The maximum absolute atomic E-state index is 12.2. The zero-order chi connectivity index (χ0) is 15.7. The molecule has 0 spiro atoms. The average molecular weight is 321 g/mol. The molecular formula is C17H21ClN2O2. The number of carbonyl (C=O) groups is 1. The lowest BCUT2D eigenvalue weighted by molar-refractivity contribution is -0.139. The molecule has 1 aliphatic heterocycles. The Kier molecular flexibility index (Phi) is 4.15. The van der Waals surface area contributed by atoms with E-state index in [1.807, 2.05) is 19.1 Å². The zero-order valence-corrected chi connectivity index (χ0v) is 13.7. The maximum atomic E-state index is 12.2.